The van der Waals surface area contributed by atoms with Crippen LogP contribution in [0.4, 0.5) is 0 Å². The molecule has 0 aliphatic carbocycles. The van der Waals surface area contributed by atoms with Crippen molar-refractivity contribution in [3.63, 3.8) is 0 Å². The van der Waals surface area contributed by atoms with E-state index in [4.69, 9.17) is 9.47 Å². The Bertz CT molecular complexity index is 910. The lowest BCUT2D eigenvalue weighted by molar-refractivity contribution is -0.136. The smallest absolute Gasteiger partial charge is 0.226 e. The molecule has 0 unspecified atom stereocenters. The number of hydrogen-bond donors (Lipinski definition) is 1. The van der Waals surface area contributed by atoms with E-state index >= 15 is 0 Å². The van der Waals surface area contributed by atoms with Gasteiger partial charge in [0.1, 0.15) is 0 Å². The van der Waals surface area contributed by atoms with Gasteiger partial charge in [0.25, 0.3) is 0 Å². The van der Waals surface area contributed by atoms with E-state index in [0.717, 1.165) is 65.1 Å². The van der Waals surface area contributed by atoms with E-state index in [1.54, 1.807) is 0 Å². The minimum absolute atomic E-state index is 0.185. The molecule has 33 heavy (non-hydrogen) atoms. The highest BCUT2D eigenvalue weighted by atomic mass is 16.5. The number of ether oxygens (including phenoxy) is 2. The van der Waals surface area contributed by atoms with Gasteiger partial charge in [-0.1, -0.05) is 53.6 Å². The maximum absolute atomic E-state index is 13.4. The second-order valence-electron chi connectivity index (χ2n) is 9.71. The van der Waals surface area contributed by atoms with E-state index in [-0.39, 0.29) is 5.91 Å². The largest absolute Gasteiger partial charge is 0.381 e. The van der Waals surface area contributed by atoms with Crippen molar-refractivity contribution in [1.82, 2.24) is 10.2 Å². The van der Waals surface area contributed by atoms with Crippen LogP contribution >= 0.6 is 0 Å². The molecule has 2 aromatic rings. The zero-order valence-electron chi connectivity index (χ0n) is 20.2. The van der Waals surface area contributed by atoms with Crippen LogP contribution in [-0.2, 0) is 20.7 Å². The van der Waals surface area contributed by atoms with Crippen molar-refractivity contribution in [3.8, 4) is 11.1 Å². The van der Waals surface area contributed by atoms with Crippen molar-refractivity contribution >= 4 is 5.91 Å². The first kappa shape index (κ1) is 23.9. The molecule has 2 saturated heterocycles. The molecule has 1 N–H and O–H groups in total. The van der Waals surface area contributed by atoms with Crippen molar-refractivity contribution < 1.29 is 14.3 Å². The van der Waals surface area contributed by atoms with Gasteiger partial charge in [0.2, 0.25) is 5.91 Å². The normalized spacial score (nSPS) is 18.7. The lowest BCUT2D eigenvalue weighted by atomic mass is 9.74. The number of aryl methyl sites for hydroxylation is 2. The van der Waals surface area contributed by atoms with Crippen LogP contribution in [0.2, 0.25) is 0 Å². The zero-order chi connectivity index (χ0) is 23.1. The lowest BCUT2D eigenvalue weighted by Gasteiger charge is -2.36. The Kier molecular flexibility index (Phi) is 8.18. The molecule has 5 heteroatoms. The Labute approximate surface area is 198 Å². The Morgan fingerprint density at radius 3 is 2.36 bits per heavy atom. The molecule has 2 heterocycles. The molecule has 2 aromatic carbocycles. The fourth-order valence-electron chi connectivity index (χ4n) is 5.16. The first-order valence-electron chi connectivity index (χ1n) is 12.4. The van der Waals surface area contributed by atoms with Gasteiger partial charge in [-0.2, -0.15) is 0 Å². The summed E-state index contributed by atoms with van der Waals surface area (Å²) in [7, 11) is 0. The van der Waals surface area contributed by atoms with E-state index in [1.807, 2.05) is 0 Å². The van der Waals surface area contributed by atoms with Gasteiger partial charge < -0.3 is 14.8 Å². The van der Waals surface area contributed by atoms with Gasteiger partial charge in [0.05, 0.1) is 18.6 Å². The summed E-state index contributed by atoms with van der Waals surface area (Å²) in [5.41, 5.74) is 5.83. The summed E-state index contributed by atoms with van der Waals surface area (Å²) in [4.78, 5) is 15.8. The minimum atomic E-state index is -0.391. The molecule has 2 aliphatic heterocycles. The van der Waals surface area contributed by atoms with Crippen LogP contribution in [-0.4, -0.2) is 63.4 Å². The molecule has 0 saturated carbocycles. The van der Waals surface area contributed by atoms with Crippen LogP contribution in [0.25, 0.3) is 11.1 Å². The summed E-state index contributed by atoms with van der Waals surface area (Å²) in [5.74, 6) is 0.185. The second kappa shape index (κ2) is 11.3. The van der Waals surface area contributed by atoms with Crippen molar-refractivity contribution in [2.24, 2.45) is 5.41 Å². The summed E-state index contributed by atoms with van der Waals surface area (Å²) < 4.78 is 11.1. The molecule has 0 aromatic heterocycles. The molecule has 0 bridgehead atoms. The first-order valence-corrected chi connectivity index (χ1v) is 12.4. The topological polar surface area (TPSA) is 50.8 Å². The number of benzene rings is 2. The minimum Gasteiger partial charge on any atom is -0.381 e. The summed E-state index contributed by atoms with van der Waals surface area (Å²) in [6, 6.07) is 15.4. The predicted octanol–water partition coefficient (Wildman–Crippen LogP) is 4.15. The highest BCUT2D eigenvalue weighted by Gasteiger charge is 2.40. The van der Waals surface area contributed by atoms with Crippen LogP contribution in [0.3, 0.4) is 0 Å². The average molecular weight is 451 g/mol. The van der Waals surface area contributed by atoms with E-state index in [9.17, 15) is 4.79 Å². The van der Waals surface area contributed by atoms with Gasteiger partial charge in [-0.05, 0) is 62.8 Å². The standard InChI is InChI=1S/C28H38N2O3/c1-22-17-23(2)19-26(18-22)25-6-3-5-24(20-25)21-28(7-13-32-14-8-28)27(31)29-9-4-10-30-11-15-33-16-12-30/h3,5-6,17-20H,4,7-16,21H2,1-2H3,(H,29,31). The van der Waals surface area contributed by atoms with E-state index in [2.05, 4.69) is 66.5 Å². The summed E-state index contributed by atoms with van der Waals surface area (Å²) >= 11 is 0. The fourth-order valence-corrected chi connectivity index (χ4v) is 5.16. The van der Waals surface area contributed by atoms with Crippen LogP contribution in [0.1, 0.15) is 36.0 Å². The molecule has 0 radical (unpaired) electrons. The molecule has 178 valence electrons. The number of morpholine rings is 1. The molecule has 4 rings (SSSR count). The molecular weight excluding hydrogens is 412 g/mol. The number of carbonyl (C=O) groups excluding carboxylic acids is 1. The number of nitrogens with zero attached hydrogens (tertiary/aromatic N) is 1. The van der Waals surface area contributed by atoms with Crippen molar-refractivity contribution in [2.45, 2.75) is 39.5 Å². The summed E-state index contributed by atoms with van der Waals surface area (Å²) in [6.45, 7) is 10.9. The fraction of sp³-hybridized carbons (Fsp3) is 0.536. The molecular formula is C28H38N2O3. The molecule has 1 amide bonds. The van der Waals surface area contributed by atoms with Gasteiger partial charge in [-0.15, -0.1) is 0 Å². The molecule has 0 spiro atoms. The Balaban J connectivity index is 1.42. The Hall–Kier alpha value is -2.21. The average Bonchev–Trinajstić information content (AvgIpc) is 2.82. The number of amides is 1. The molecule has 2 fully saturated rings. The third kappa shape index (κ3) is 6.44. The molecule has 5 nitrogen and oxygen atoms in total. The quantitative estimate of drug-likeness (QED) is 0.614. The van der Waals surface area contributed by atoms with Crippen LogP contribution in [0, 0.1) is 19.3 Å². The third-order valence-electron chi connectivity index (χ3n) is 7.00. The van der Waals surface area contributed by atoms with Gasteiger partial charge in [0, 0.05) is 32.8 Å². The highest BCUT2D eigenvalue weighted by Crippen LogP contribution is 2.36. The lowest BCUT2D eigenvalue weighted by Crippen LogP contribution is -2.47. The number of rotatable bonds is 8. The number of nitrogens with one attached hydrogen (secondary N) is 1. The third-order valence-corrected chi connectivity index (χ3v) is 7.00. The van der Waals surface area contributed by atoms with Gasteiger partial charge in [-0.25, -0.2) is 0 Å². The molecule has 0 atom stereocenters. The first-order chi connectivity index (χ1) is 16.0. The SMILES string of the molecule is Cc1cc(C)cc(-c2cccc(CC3(C(=O)NCCCN4CCOCC4)CCOCC3)c2)c1. The summed E-state index contributed by atoms with van der Waals surface area (Å²) in [5, 5.41) is 3.26. The van der Waals surface area contributed by atoms with Crippen molar-refractivity contribution in [2.75, 3.05) is 52.6 Å². The maximum Gasteiger partial charge on any atom is 0.226 e. The van der Waals surface area contributed by atoms with E-state index in [0.29, 0.717) is 13.2 Å². The van der Waals surface area contributed by atoms with Crippen LogP contribution in [0.5, 0.6) is 0 Å². The summed E-state index contributed by atoms with van der Waals surface area (Å²) in [6.07, 6.45) is 3.27. The van der Waals surface area contributed by atoms with Crippen molar-refractivity contribution in [3.05, 3.63) is 59.2 Å². The van der Waals surface area contributed by atoms with E-state index < -0.39 is 5.41 Å². The highest BCUT2D eigenvalue weighted by molar-refractivity contribution is 5.83. The van der Waals surface area contributed by atoms with Gasteiger partial charge >= 0.3 is 0 Å². The van der Waals surface area contributed by atoms with Gasteiger partial charge in [-0.3, -0.25) is 9.69 Å². The maximum atomic E-state index is 13.4. The second-order valence-corrected chi connectivity index (χ2v) is 9.71. The predicted molar refractivity (Wildman–Crippen MR) is 132 cm³/mol. The van der Waals surface area contributed by atoms with Gasteiger partial charge in [0.15, 0.2) is 0 Å². The Morgan fingerprint density at radius 1 is 0.939 bits per heavy atom. The number of carbonyl (C=O) groups is 1. The molecule has 2 aliphatic rings. The van der Waals surface area contributed by atoms with Crippen LogP contribution < -0.4 is 5.32 Å². The zero-order valence-corrected chi connectivity index (χ0v) is 20.2. The van der Waals surface area contributed by atoms with E-state index in [1.165, 1.54) is 27.8 Å². The monoisotopic (exact) mass is 450 g/mol. The van der Waals surface area contributed by atoms with Crippen molar-refractivity contribution in [1.29, 1.82) is 0 Å². The Morgan fingerprint density at radius 2 is 1.64 bits per heavy atom. The van der Waals surface area contributed by atoms with Crippen LogP contribution in [0.15, 0.2) is 42.5 Å². The number of hydrogen-bond acceptors (Lipinski definition) is 4.